The van der Waals surface area contributed by atoms with Crippen LogP contribution in [0.3, 0.4) is 0 Å². The smallest absolute Gasteiger partial charge is 0.223 e. The summed E-state index contributed by atoms with van der Waals surface area (Å²) < 4.78 is 0. The Bertz CT molecular complexity index is 288. The van der Waals surface area contributed by atoms with Crippen LogP contribution >= 0.6 is 24.0 Å². The Hall–Kier alpha value is -0.530. The Morgan fingerprint density at radius 3 is 2.47 bits per heavy atom. The van der Waals surface area contributed by atoms with E-state index < -0.39 is 0 Å². The highest BCUT2D eigenvalue weighted by molar-refractivity contribution is 14.0. The number of hydrogen-bond donors (Lipinski definition) is 2. The summed E-state index contributed by atoms with van der Waals surface area (Å²) in [6.45, 7) is 3.44. The first-order valence-corrected chi connectivity index (χ1v) is 6.88. The fourth-order valence-corrected chi connectivity index (χ4v) is 2.07. The first-order chi connectivity index (χ1) is 8.63. The van der Waals surface area contributed by atoms with Crippen molar-refractivity contribution in [3.63, 3.8) is 0 Å². The minimum Gasteiger partial charge on any atom is -0.357 e. The molecule has 6 heteroatoms. The molecular formula is C13H27IN4O. The molecule has 0 aromatic carbocycles. The quantitative estimate of drug-likeness (QED) is 0.431. The monoisotopic (exact) mass is 382 g/mol. The number of rotatable bonds is 5. The molecule has 19 heavy (non-hydrogen) atoms. The molecule has 0 radical (unpaired) electrons. The van der Waals surface area contributed by atoms with Crippen LogP contribution in [0.4, 0.5) is 0 Å². The maximum absolute atomic E-state index is 11.4. The lowest BCUT2D eigenvalue weighted by molar-refractivity contribution is -0.128. The van der Waals surface area contributed by atoms with Crippen LogP contribution < -0.4 is 10.6 Å². The van der Waals surface area contributed by atoms with Crippen molar-refractivity contribution in [3.8, 4) is 0 Å². The Morgan fingerprint density at radius 1 is 1.32 bits per heavy atom. The highest BCUT2D eigenvalue weighted by Gasteiger charge is 2.15. The number of nitrogens with one attached hydrogen (secondary N) is 2. The summed E-state index contributed by atoms with van der Waals surface area (Å²) in [6, 6.07) is 0.548. The zero-order valence-corrected chi connectivity index (χ0v) is 14.6. The number of amides is 1. The van der Waals surface area contributed by atoms with E-state index in [0.717, 1.165) is 12.5 Å². The lowest BCUT2D eigenvalue weighted by atomic mass is 10.2. The van der Waals surface area contributed by atoms with Gasteiger partial charge in [0.2, 0.25) is 5.91 Å². The standard InChI is InChI=1S/C13H26N4O.HI/c1-4-14-13(16-11-7-5-6-8-11)15-10-9-12(18)17(2)3;/h11H,4-10H2,1-3H3,(H2,14,15,16);1H. The van der Waals surface area contributed by atoms with Gasteiger partial charge in [-0.25, -0.2) is 0 Å². The van der Waals surface area contributed by atoms with E-state index in [1.54, 1.807) is 19.0 Å². The first kappa shape index (κ1) is 18.5. The largest absolute Gasteiger partial charge is 0.357 e. The van der Waals surface area contributed by atoms with Gasteiger partial charge in [-0.05, 0) is 19.8 Å². The first-order valence-electron chi connectivity index (χ1n) is 6.88. The van der Waals surface area contributed by atoms with Gasteiger partial charge < -0.3 is 15.5 Å². The van der Waals surface area contributed by atoms with Crippen LogP contribution in [0.1, 0.15) is 39.0 Å². The molecule has 5 nitrogen and oxygen atoms in total. The highest BCUT2D eigenvalue weighted by atomic mass is 127. The lowest BCUT2D eigenvalue weighted by Gasteiger charge is -2.16. The Labute approximate surface area is 133 Å². The average molecular weight is 382 g/mol. The SMILES string of the molecule is CCNC(=NCCC(=O)N(C)C)NC1CCCC1.I. The van der Waals surface area contributed by atoms with Crippen LogP contribution in [-0.4, -0.2) is 50.0 Å². The Kier molecular flexibility index (Phi) is 9.99. The molecule has 0 aliphatic heterocycles. The van der Waals surface area contributed by atoms with Crippen LogP contribution in [0.5, 0.6) is 0 Å². The molecule has 0 saturated heterocycles. The number of aliphatic imine (C=N–C) groups is 1. The van der Waals surface area contributed by atoms with E-state index >= 15 is 0 Å². The summed E-state index contributed by atoms with van der Waals surface area (Å²) in [5.41, 5.74) is 0. The van der Waals surface area contributed by atoms with Crippen LogP contribution in [-0.2, 0) is 4.79 Å². The van der Waals surface area contributed by atoms with Crippen molar-refractivity contribution in [3.05, 3.63) is 0 Å². The van der Waals surface area contributed by atoms with Crippen molar-refractivity contribution >= 4 is 35.8 Å². The molecule has 1 aliphatic rings. The fourth-order valence-electron chi connectivity index (χ4n) is 2.07. The van der Waals surface area contributed by atoms with Gasteiger partial charge in [0.15, 0.2) is 5.96 Å². The van der Waals surface area contributed by atoms with E-state index in [-0.39, 0.29) is 29.9 Å². The summed E-state index contributed by atoms with van der Waals surface area (Å²) in [7, 11) is 3.54. The zero-order chi connectivity index (χ0) is 13.4. The predicted octanol–water partition coefficient (Wildman–Crippen LogP) is 1.58. The second kappa shape index (κ2) is 10.3. The molecule has 0 spiro atoms. The third kappa shape index (κ3) is 7.59. The van der Waals surface area contributed by atoms with E-state index in [4.69, 9.17) is 0 Å². The van der Waals surface area contributed by atoms with Gasteiger partial charge in [0.1, 0.15) is 0 Å². The molecule has 0 bridgehead atoms. The second-order valence-electron chi connectivity index (χ2n) is 4.92. The lowest BCUT2D eigenvalue weighted by Crippen LogP contribution is -2.42. The topological polar surface area (TPSA) is 56.7 Å². The van der Waals surface area contributed by atoms with E-state index in [1.807, 2.05) is 0 Å². The van der Waals surface area contributed by atoms with Crippen LogP contribution in [0.2, 0.25) is 0 Å². The van der Waals surface area contributed by atoms with E-state index in [9.17, 15) is 4.79 Å². The number of halogens is 1. The van der Waals surface area contributed by atoms with E-state index in [2.05, 4.69) is 22.5 Å². The van der Waals surface area contributed by atoms with Gasteiger partial charge in [0.25, 0.3) is 0 Å². The fraction of sp³-hybridized carbons (Fsp3) is 0.846. The van der Waals surface area contributed by atoms with Crippen molar-refractivity contribution in [1.29, 1.82) is 0 Å². The summed E-state index contributed by atoms with van der Waals surface area (Å²) >= 11 is 0. The van der Waals surface area contributed by atoms with Gasteiger partial charge in [-0.2, -0.15) is 0 Å². The maximum Gasteiger partial charge on any atom is 0.223 e. The number of guanidine groups is 1. The molecule has 1 amide bonds. The van der Waals surface area contributed by atoms with Crippen molar-refractivity contribution in [1.82, 2.24) is 15.5 Å². The molecule has 1 fully saturated rings. The number of nitrogens with zero attached hydrogens (tertiary/aromatic N) is 2. The molecule has 1 saturated carbocycles. The Balaban J connectivity index is 0.00000324. The Morgan fingerprint density at radius 2 is 1.95 bits per heavy atom. The van der Waals surface area contributed by atoms with Gasteiger partial charge in [-0.15, -0.1) is 24.0 Å². The molecule has 0 atom stereocenters. The minimum atomic E-state index is 0. The van der Waals surface area contributed by atoms with Gasteiger partial charge in [-0.3, -0.25) is 9.79 Å². The number of hydrogen-bond acceptors (Lipinski definition) is 2. The van der Waals surface area contributed by atoms with Gasteiger partial charge >= 0.3 is 0 Å². The molecule has 0 aromatic heterocycles. The molecule has 0 unspecified atom stereocenters. The number of carbonyl (C=O) groups is 1. The third-order valence-electron chi connectivity index (χ3n) is 3.13. The van der Waals surface area contributed by atoms with Gasteiger partial charge in [0.05, 0.1) is 6.54 Å². The molecule has 0 aromatic rings. The summed E-state index contributed by atoms with van der Waals surface area (Å²) in [5.74, 6) is 0.964. The maximum atomic E-state index is 11.4. The molecular weight excluding hydrogens is 355 g/mol. The molecule has 1 rings (SSSR count). The highest BCUT2D eigenvalue weighted by Crippen LogP contribution is 2.17. The van der Waals surface area contributed by atoms with Crippen molar-refractivity contribution in [2.75, 3.05) is 27.2 Å². The molecule has 1 aliphatic carbocycles. The van der Waals surface area contributed by atoms with E-state index in [1.165, 1.54) is 25.7 Å². The summed E-state index contributed by atoms with van der Waals surface area (Å²) in [6.07, 6.45) is 5.52. The van der Waals surface area contributed by atoms with Gasteiger partial charge in [-0.1, -0.05) is 12.8 Å². The molecule has 2 N–H and O–H groups in total. The zero-order valence-electron chi connectivity index (χ0n) is 12.2. The second-order valence-corrected chi connectivity index (χ2v) is 4.92. The van der Waals surface area contributed by atoms with Crippen LogP contribution in [0, 0.1) is 0 Å². The summed E-state index contributed by atoms with van der Waals surface area (Å²) in [4.78, 5) is 17.5. The van der Waals surface area contributed by atoms with Crippen LogP contribution in [0.25, 0.3) is 0 Å². The average Bonchev–Trinajstić information content (AvgIpc) is 2.81. The normalized spacial score (nSPS) is 15.8. The predicted molar refractivity (Wildman–Crippen MR) is 90.1 cm³/mol. The molecule has 112 valence electrons. The number of carbonyl (C=O) groups excluding carboxylic acids is 1. The third-order valence-corrected chi connectivity index (χ3v) is 3.13. The van der Waals surface area contributed by atoms with Gasteiger partial charge in [0, 0.05) is 33.1 Å². The van der Waals surface area contributed by atoms with E-state index in [0.29, 0.717) is 19.0 Å². The van der Waals surface area contributed by atoms with Crippen molar-refractivity contribution in [2.24, 2.45) is 4.99 Å². The van der Waals surface area contributed by atoms with Crippen LogP contribution in [0.15, 0.2) is 4.99 Å². The van der Waals surface area contributed by atoms with Crippen molar-refractivity contribution < 1.29 is 4.79 Å². The summed E-state index contributed by atoms with van der Waals surface area (Å²) in [5, 5.41) is 6.66. The van der Waals surface area contributed by atoms with Crippen molar-refractivity contribution in [2.45, 2.75) is 45.1 Å². The minimum absolute atomic E-state index is 0. The molecule has 0 heterocycles.